The van der Waals surface area contributed by atoms with Gasteiger partial charge >= 0.3 is 0 Å². The monoisotopic (exact) mass is 276 g/mol. The van der Waals surface area contributed by atoms with Crippen LogP contribution in [0, 0.1) is 0 Å². The number of rotatable bonds is 6. The van der Waals surface area contributed by atoms with Gasteiger partial charge in [-0.3, -0.25) is 0 Å². The van der Waals surface area contributed by atoms with E-state index in [1.54, 1.807) is 0 Å². The van der Waals surface area contributed by atoms with Gasteiger partial charge < -0.3 is 15.5 Å². The summed E-state index contributed by atoms with van der Waals surface area (Å²) < 4.78 is 0. The Morgan fingerprint density at radius 2 is 1.75 bits per heavy atom. The first-order chi connectivity index (χ1) is 9.51. The molecule has 0 saturated carbocycles. The molecule has 0 bridgehead atoms. The maximum absolute atomic E-state index is 4.60. The molecule has 0 heterocycles. The number of nitrogens with zero attached hydrogens (tertiary/aromatic N) is 2. The summed E-state index contributed by atoms with van der Waals surface area (Å²) in [5.41, 5.74) is 2.56. The molecule has 0 amide bonds. The Kier molecular flexibility index (Phi) is 7.09. The van der Waals surface area contributed by atoms with E-state index in [4.69, 9.17) is 0 Å². The van der Waals surface area contributed by atoms with E-state index in [-0.39, 0.29) is 0 Å². The number of hydrogen-bond acceptors (Lipinski definition) is 2. The minimum absolute atomic E-state index is 0.385. The normalized spacial score (nSPS) is 12.1. The molecule has 0 spiro atoms. The molecule has 4 heteroatoms. The van der Waals surface area contributed by atoms with Gasteiger partial charge in [0.1, 0.15) is 0 Å². The lowest BCUT2D eigenvalue weighted by atomic mass is 10.1. The van der Waals surface area contributed by atoms with Crippen LogP contribution in [0.4, 0.5) is 0 Å². The zero-order chi connectivity index (χ0) is 15.0. The average molecular weight is 276 g/mol. The first-order valence-electron chi connectivity index (χ1n) is 7.28. The molecule has 0 aromatic heterocycles. The maximum atomic E-state index is 4.60. The molecule has 0 fully saturated rings. The van der Waals surface area contributed by atoms with Crippen molar-refractivity contribution in [3.63, 3.8) is 0 Å². The summed E-state index contributed by atoms with van der Waals surface area (Å²) >= 11 is 0. The van der Waals surface area contributed by atoms with Crippen LogP contribution in [0.1, 0.15) is 31.9 Å². The molecule has 0 aliphatic rings. The van der Waals surface area contributed by atoms with Crippen LogP contribution < -0.4 is 10.6 Å². The van der Waals surface area contributed by atoms with E-state index >= 15 is 0 Å². The molecular formula is C16H28N4. The summed E-state index contributed by atoms with van der Waals surface area (Å²) in [7, 11) is 4.16. The fourth-order valence-electron chi connectivity index (χ4n) is 1.88. The molecule has 4 nitrogen and oxygen atoms in total. The molecule has 1 aromatic rings. The van der Waals surface area contributed by atoms with Crippen molar-refractivity contribution in [1.82, 2.24) is 15.5 Å². The summed E-state index contributed by atoms with van der Waals surface area (Å²) in [6, 6.07) is 9.04. The fourth-order valence-corrected chi connectivity index (χ4v) is 1.88. The van der Waals surface area contributed by atoms with E-state index in [1.165, 1.54) is 11.1 Å². The van der Waals surface area contributed by atoms with Crippen molar-refractivity contribution in [1.29, 1.82) is 0 Å². The molecular weight excluding hydrogens is 248 g/mol. The third kappa shape index (κ3) is 6.57. The van der Waals surface area contributed by atoms with Crippen molar-refractivity contribution in [2.75, 3.05) is 20.6 Å². The first kappa shape index (κ1) is 16.5. The summed E-state index contributed by atoms with van der Waals surface area (Å²) in [5.74, 6) is 0.875. The lowest BCUT2D eigenvalue weighted by molar-refractivity contribution is 0.402. The number of aliphatic imine (C=N–C) groups is 1. The number of guanidine groups is 1. The Balaban J connectivity index is 2.61. The molecule has 0 unspecified atom stereocenters. The van der Waals surface area contributed by atoms with Crippen LogP contribution in [0.2, 0.25) is 0 Å². The second-order valence-corrected chi connectivity index (χ2v) is 5.55. The Hall–Kier alpha value is -1.55. The lowest BCUT2D eigenvalue weighted by Crippen LogP contribution is -2.40. The lowest BCUT2D eigenvalue weighted by Gasteiger charge is -2.14. The summed E-state index contributed by atoms with van der Waals surface area (Å²) in [4.78, 5) is 6.77. The summed E-state index contributed by atoms with van der Waals surface area (Å²) in [5, 5.41) is 6.57. The fraction of sp³-hybridized carbons (Fsp3) is 0.562. The van der Waals surface area contributed by atoms with Crippen LogP contribution >= 0.6 is 0 Å². The van der Waals surface area contributed by atoms with Crippen molar-refractivity contribution in [3.8, 4) is 0 Å². The van der Waals surface area contributed by atoms with Gasteiger partial charge in [-0.15, -0.1) is 0 Å². The molecule has 112 valence electrons. The second kappa shape index (κ2) is 8.59. The molecule has 0 radical (unpaired) electrons. The van der Waals surface area contributed by atoms with Gasteiger partial charge in [-0.1, -0.05) is 24.3 Å². The summed E-state index contributed by atoms with van der Waals surface area (Å²) in [6.45, 7) is 8.85. The topological polar surface area (TPSA) is 39.7 Å². The maximum Gasteiger partial charge on any atom is 0.191 e. The highest BCUT2D eigenvalue weighted by Crippen LogP contribution is 2.07. The van der Waals surface area contributed by atoms with Gasteiger partial charge in [0, 0.05) is 19.1 Å². The molecule has 1 aromatic carbocycles. The number of hydrogen-bond donors (Lipinski definition) is 2. The van der Waals surface area contributed by atoms with Crippen LogP contribution in [0.25, 0.3) is 0 Å². The number of nitrogens with one attached hydrogen (secondary N) is 2. The molecule has 0 aliphatic heterocycles. The van der Waals surface area contributed by atoms with Crippen LogP contribution in [-0.2, 0) is 13.1 Å². The molecule has 0 atom stereocenters. The zero-order valence-electron chi connectivity index (χ0n) is 13.4. The third-order valence-corrected chi connectivity index (χ3v) is 2.71. The highest BCUT2D eigenvalue weighted by molar-refractivity contribution is 5.79. The van der Waals surface area contributed by atoms with Crippen LogP contribution in [0.3, 0.4) is 0 Å². The molecule has 20 heavy (non-hydrogen) atoms. The predicted molar refractivity (Wildman–Crippen MR) is 86.9 cm³/mol. The van der Waals surface area contributed by atoms with Gasteiger partial charge in [0.05, 0.1) is 6.54 Å². The molecule has 1 rings (SSSR count). The van der Waals surface area contributed by atoms with E-state index in [1.807, 2.05) is 0 Å². The minimum atomic E-state index is 0.385. The van der Waals surface area contributed by atoms with Crippen LogP contribution in [0.15, 0.2) is 29.3 Å². The van der Waals surface area contributed by atoms with Crippen molar-refractivity contribution in [2.45, 2.75) is 39.9 Å². The quantitative estimate of drug-likeness (QED) is 0.618. The van der Waals surface area contributed by atoms with Crippen LogP contribution in [0.5, 0.6) is 0 Å². The molecule has 0 aliphatic carbocycles. The van der Waals surface area contributed by atoms with Crippen LogP contribution in [-0.4, -0.2) is 37.5 Å². The highest BCUT2D eigenvalue weighted by atomic mass is 15.2. The van der Waals surface area contributed by atoms with Gasteiger partial charge in [-0.25, -0.2) is 4.99 Å². The van der Waals surface area contributed by atoms with Gasteiger partial charge in [0.25, 0.3) is 0 Å². The van der Waals surface area contributed by atoms with Crippen molar-refractivity contribution in [2.24, 2.45) is 4.99 Å². The van der Waals surface area contributed by atoms with Gasteiger partial charge in [0.2, 0.25) is 0 Å². The number of benzene rings is 1. The van der Waals surface area contributed by atoms with Gasteiger partial charge in [-0.2, -0.15) is 0 Å². The Morgan fingerprint density at radius 3 is 2.25 bits per heavy atom. The SMILES string of the molecule is CCNC(=NCc1ccc(CN(C)C)cc1)NC(C)C. The smallest absolute Gasteiger partial charge is 0.191 e. The van der Waals surface area contributed by atoms with E-state index in [2.05, 4.69) is 79.7 Å². The molecule has 0 saturated heterocycles. The Bertz CT molecular complexity index is 407. The molecule has 2 N–H and O–H groups in total. The highest BCUT2D eigenvalue weighted by Gasteiger charge is 2.00. The van der Waals surface area contributed by atoms with E-state index < -0.39 is 0 Å². The van der Waals surface area contributed by atoms with Crippen molar-refractivity contribution < 1.29 is 0 Å². The second-order valence-electron chi connectivity index (χ2n) is 5.55. The zero-order valence-corrected chi connectivity index (χ0v) is 13.4. The minimum Gasteiger partial charge on any atom is -0.357 e. The largest absolute Gasteiger partial charge is 0.357 e. The third-order valence-electron chi connectivity index (χ3n) is 2.71. The van der Waals surface area contributed by atoms with Gasteiger partial charge in [-0.05, 0) is 46.0 Å². The predicted octanol–water partition coefficient (Wildman–Crippen LogP) is 2.21. The summed E-state index contributed by atoms with van der Waals surface area (Å²) in [6.07, 6.45) is 0. The Morgan fingerprint density at radius 1 is 1.15 bits per heavy atom. The van der Waals surface area contributed by atoms with E-state index in [9.17, 15) is 0 Å². The van der Waals surface area contributed by atoms with E-state index in [0.29, 0.717) is 12.6 Å². The Labute approximate surface area is 123 Å². The van der Waals surface area contributed by atoms with Crippen molar-refractivity contribution in [3.05, 3.63) is 35.4 Å². The van der Waals surface area contributed by atoms with Crippen molar-refractivity contribution >= 4 is 5.96 Å². The van der Waals surface area contributed by atoms with Gasteiger partial charge in [0.15, 0.2) is 5.96 Å². The van der Waals surface area contributed by atoms with E-state index in [0.717, 1.165) is 19.0 Å². The standard InChI is InChI=1S/C16H28N4/c1-6-17-16(19-13(2)3)18-11-14-7-9-15(10-8-14)12-20(4)5/h7-10,13H,6,11-12H2,1-5H3,(H2,17,18,19). The average Bonchev–Trinajstić information content (AvgIpc) is 2.36. The first-order valence-corrected chi connectivity index (χ1v) is 7.28.